The zero-order valence-electron chi connectivity index (χ0n) is 8.76. The molecule has 0 bridgehead atoms. The normalized spacial score (nSPS) is 19.6. The van der Waals surface area contributed by atoms with Gasteiger partial charge in [-0.25, -0.2) is 4.79 Å². The van der Waals surface area contributed by atoms with Gasteiger partial charge < -0.3 is 15.5 Å². The van der Waals surface area contributed by atoms with Crippen LogP contribution in [0.4, 0.5) is 10.5 Å². The fraction of sp³-hybridized carbons (Fsp3) is 0.364. The maximum Gasteiger partial charge on any atom is 0.407 e. The lowest BCUT2D eigenvalue weighted by atomic mass is 10.2. The van der Waals surface area contributed by atoms with Crippen LogP contribution in [0.2, 0.25) is 0 Å². The number of fused-ring (bicyclic) bond motifs is 1. The summed E-state index contributed by atoms with van der Waals surface area (Å²) in [4.78, 5) is 12.3. The second kappa shape index (κ2) is 4.40. The molecule has 1 aliphatic rings. The Hall–Kier alpha value is -1.75. The van der Waals surface area contributed by atoms with Gasteiger partial charge in [0, 0.05) is 12.2 Å². The van der Waals surface area contributed by atoms with Gasteiger partial charge in [-0.3, -0.25) is 4.90 Å². The maximum absolute atomic E-state index is 11.1. The quantitative estimate of drug-likeness (QED) is 0.661. The topological polar surface area (TPSA) is 72.8 Å². The number of aliphatic hydroxyl groups excluding tert-OH is 1. The van der Waals surface area contributed by atoms with E-state index in [-0.39, 0.29) is 6.61 Å². The summed E-state index contributed by atoms with van der Waals surface area (Å²) in [6, 6.07) is 7.17. The Morgan fingerprint density at radius 3 is 2.94 bits per heavy atom. The number of benzene rings is 1. The third-order valence-electron chi connectivity index (χ3n) is 2.78. The summed E-state index contributed by atoms with van der Waals surface area (Å²) >= 11 is 0. The van der Waals surface area contributed by atoms with Gasteiger partial charge >= 0.3 is 6.09 Å². The van der Waals surface area contributed by atoms with Crippen LogP contribution in [0, 0.1) is 0 Å². The van der Waals surface area contributed by atoms with Crippen molar-refractivity contribution in [3.8, 4) is 0 Å². The first-order valence-corrected chi connectivity index (χ1v) is 5.14. The van der Waals surface area contributed by atoms with Crippen LogP contribution in [0.5, 0.6) is 0 Å². The molecule has 16 heavy (non-hydrogen) atoms. The number of nitrogens with one attached hydrogen (secondary N) is 1. The minimum absolute atomic E-state index is 0.173. The SMILES string of the molecule is O=C(O)N1Cc2ccccc2NCC1CO. The fourth-order valence-corrected chi connectivity index (χ4v) is 1.87. The number of carbonyl (C=O) groups is 1. The highest BCUT2D eigenvalue weighted by molar-refractivity contribution is 5.67. The molecule has 5 heteroatoms. The van der Waals surface area contributed by atoms with Gasteiger partial charge in [0.25, 0.3) is 0 Å². The molecule has 2 rings (SSSR count). The van der Waals surface area contributed by atoms with Crippen LogP contribution in [0.1, 0.15) is 5.56 Å². The van der Waals surface area contributed by atoms with Gasteiger partial charge in [0.2, 0.25) is 0 Å². The zero-order chi connectivity index (χ0) is 11.5. The molecule has 86 valence electrons. The van der Waals surface area contributed by atoms with E-state index in [0.29, 0.717) is 13.1 Å². The number of anilines is 1. The Kier molecular flexibility index (Phi) is 2.96. The lowest BCUT2D eigenvalue weighted by molar-refractivity contribution is 0.0993. The van der Waals surface area contributed by atoms with Crippen molar-refractivity contribution >= 4 is 11.8 Å². The summed E-state index contributed by atoms with van der Waals surface area (Å²) in [5.41, 5.74) is 1.87. The van der Waals surface area contributed by atoms with Crippen molar-refractivity contribution < 1.29 is 15.0 Å². The van der Waals surface area contributed by atoms with Crippen molar-refractivity contribution in [1.82, 2.24) is 4.90 Å². The molecule has 0 spiro atoms. The standard InChI is InChI=1S/C11H14N2O3/c14-7-9-5-12-10-4-2-1-3-8(10)6-13(9)11(15)16/h1-4,9,12,14H,5-7H2,(H,15,16). The number of amides is 1. The number of hydrogen-bond acceptors (Lipinski definition) is 3. The molecule has 1 amide bonds. The van der Waals surface area contributed by atoms with Crippen molar-refractivity contribution in [2.24, 2.45) is 0 Å². The van der Waals surface area contributed by atoms with E-state index >= 15 is 0 Å². The Balaban J connectivity index is 2.30. The lowest BCUT2D eigenvalue weighted by Gasteiger charge is -2.25. The molecule has 5 nitrogen and oxygen atoms in total. The van der Waals surface area contributed by atoms with E-state index < -0.39 is 12.1 Å². The highest BCUT2D eigenvalue weighted by Gasteiger charge is 2.26. The van der Waals surface area contributed by atoms with Crippen molar-refractivity contribution in [3.63, 3.8) is 0 Å². The maximum atomic E-state index is 11.1. The van der Waals surface area contributed by atoms with Gasteiger partial charge in [-0.05, 0) is 11.6 Å². The Morgan fingerprint density at radius 1 is 1.50 bits per heavy atom. The number of aliphatic hydroxyl groups is 1. The molecule has 1 heterocycles. The van der Waals surface area contributed by atoms with Crippen LogP contribution < -0.4 is 5.32 Å². The number of hydrogen-bond donors (Lipinski definition) is 3. The molecule has 3 N–H and O–H groups in total. The molecule has 1 aliphatic heterocycles. The Morgan fingerprint density at radius 2 is 2.25 bits per heavy atom. The Bertz CT molecular complexity index is 395. The van der Waals surface area contributed by atoms with E-state index in [1.165, 1.54) is 4.90 Å². The highest BCUT2D eigenvalue weighted by Crippen LogP contribution is 2.22. The molecule has 0 aromatic heterocycles. The van der Waals surface area contributed by atoms with Gasteiger partial charge in [0.05, 0.1) is 19.2 Å². The first kappa shape index (κ1) is 10.8. The predicted octanol–water partition coefficient (Wildman–Crippen LogP) is 0.953. The van der Waals surface area contributed by atoms with Crippen molar-refractivity contribution in [3.05, 3.63) is 29.8 Å². The molecule has 1 unspecified atom stereocenters. The van der Waals surface area contributed by atoms with Crippen LogP contribution in [0.25, 0.3) is 0 Å². The van der Waals surface area contributed by atoms with Gasteiger partial charge in [0.15, 0.2) is 0 Å². The van der Waals surface area contributed by atoms with Crippen LogP contribution >= 0.6 is 0 Å². The highest BCUT2D eigenvalue weighted by atomic mass is 16.4. The third-order valence-corrected chi connectivity index (χ3v) is 2.78. The van der Waals surface area contributed by atoms with E-state index in [9.17, 15) is 4.79 Å². The number of rotatable bonds is 1. The Labute approximate surface area is 93.3 Å². The number of nitrogens with zero attached hydrogens (tertiary/aromatic N) is 1. The van der Waals surface area contributed by atoms with Gasteiger partial charge in [0.1, 0.15) is 0 Å². The van der Waals surface area contributed by atoms with Crippen LogP contribution in [-0.2, 0) is 6.54 Å². The van der Waals surface area contributed by atoms with E-state index in [1.807, 2.05) is 24.3 Å². The van der Waals surface area contributed by atoms with Crippen LogP contribution in [0.3, 0.4) is 0 Å². The second-order valence-electron chi connectivity index (χ2n) is 3.78. The minimum Gasteiger partial charge on any atom is -0.465 e. The summed E-state index contributed by atoms with van der Waals surface area (Å²) in [5, 5.41) is 21.4. The van der Waals surface area contributed by atoms with Gasteiger partial charge in [-0.1, -0.05) is 18.2 Å². The zero-order valence-corrected chi connectivity index (χ0v) is 8.76. The first-order chi connectivity index (χ1) is 7.72. The summed E-state index contributed by atoms with van der Waals surface area (Å²) in [6.45, 7) is 0.566. The molecular formula is C11H14N2O3. The van der Waals surface area contributed by atoms with E-state index in [4.69, 9.17) is 10.2 Å². The molecule has 1 atom stereocenters. The smallest absolute Gasteiger partial charge is 0.407 e. The van der Waals surface area contributed by atoms with Crippen LogP contribution in [0.15, 0.2) is 24.3 Å². The minimum atomic E-state index is -1.00. The molecule has 0 radical (unpaired) electrons. The summed E-state index contributed by atoms with van der Waals surface area (Å²) in [5.74, 6) is 0. The van der Waals surface area contributed by atoms with Crippen molar-refractivity contribution in [1.29, 1.82) is 0 Å². The second-order valence-corrected chi connectivity index (χ2v) is 3.78. The molecule has 0 fully saturated rings. The largest absolute Gasteiger partial charge is 0.465 e. The average Bonchev–Trinajstić information content (AvgIpc) is 2.47. The lowest BCUT2D eigenvalue weighted by Crippen LogP contribution is -2.43. The molecule has 1 aromatic carbocycles. The molecule has 0 saturated carbocycles. The number of carboxylic acid groups (broad SMARTS) is 1. The van der Waals surface area contributed by atoms with Crippen molar-refractivity contribution in [2.45, 2.75) is 12.6 Å². The van der Waals surface area contributed by atoms with Crippen molar-refractivity contribution in [2.75, 3.05) is 18.5 Å². The monoisotopic (exact) mass is 222 g/mol. The number of para-hydroxylation sites is 1. The van der Waals surface area contributed by atoms with Gasteiger partial charge in [-0.2, -0.15) is 0 Å². The fourth-order valence-electron chi connectivity index (χ4n) is 1.87. The van der Waals surface area contributed by atoms with E-state index in [2.05, 4.69) is 5.32 Å². The van der Waals surface area contributed by atoms with Gasteiger partial charge in [-0.15, -0.1) is 0 Å². The molecule has 0 saturated heterocycles. The summed E-state index contributed by atoms with van der Waals surface area (Å²) in [6.07, 6.45) is -1.00. The average molecular weight is 222 g/mol. The molecule has 0 aliphatic carbocycles. The molecular weight excluding hydrogens is 208 g/mol. The molecule has 1 aromatic rings. The summed E-state index contributed by atoms with van der Waals surface area (Å²) < 4.78 is 0. The third kappa shape index (κ3) is 1.94. The summed E-state index contributed by atoms with van der Waals surface area (Å²) in [7, 11) is 0. The van der Waals surface area contributed by atoms with Crippen LogP contribution in [-0.4, -0.2) is 40.4 Å². The first-order valence-electron chi connectivity index (χ1n) is 5.14. The van der Waals surface area contributed by atoms with E-state index in [1.54, 1.807) is 0 Å². The predicted molar refractivity (Wildman–Crippen MR) is 59.4 cm³/mol. The van der Waals surface area contributed by atoms with E-state index in [0.717, 1.165) is 11.3 Å².